The van der Waals surface area contributed by atoms with Gasteiger partial charge in [-0.05, 0) is 31.9 Å². The quantitative estimate of drug-likeness (QED) is 0.831. The minimum absolute atomic E-state index is 0.171. The molecule has 130 valence electrons. The van der Waals surface area contributed by atoms with E-state index in [1.165, 1.54) is 10.6 Å². The molecule has 7 heteroatoms. The van der Waals surface area contributed by atoms with Crippen LogP contribution in [0.25, 0.3) is 11.0 Å². The van der Waals surface area contributed by atoms with Crippen LogP contribution in [0.4, 0.5) is 0 Å². The third kappa shape index (κ3) is 2.82. The van der Waals surface area contributed by atoms with Crippen LogP contribution in [0.1, 0.15) is 27.2 Å². The number of hydrogen-bond acceptors (Lipinski definition) is 4. The van der Waals surface area contributed by atoms with E-state index < -0.39 is 10.0 Å². The fourth-order valence-corrected chi connectivity index (χ4v) is 4.07. The number of carbonyl (C=O) groups excluding carboxylic acids is 1. The molecular weight excluding hydrogens is 328 g/mol. The number of furan rings is 1. The van der Waals surface area contributed by atoms with Crippen molar-refractivity contribution in [2.45, 2.75) is 20.8 Å². The van der Waals surface area contributed by atoms with Crippen molar-refractivity contribution >= 4 is 26.9 Å². The third-order valence-electron chi connectivity index (χ3n) is 4.67. The summed E-state index contributed by atoms with van der Waals surface area (Å²) in [5, 5.41) is 0.994. The summed E-state index contributed by atoms with van der Waals surface area (Å²) >= 11 is 0. The molecule has 0 spiro atoms. The number of rotatable bonds is 2. The highest BCUT2D eigenvalue weighted by Gasteiger charge is 2.29. The Kier molecular flexibility index (Phi) is 4.17. The molecule has 1 aliphatic heterocycles. The van der Waals surface area contributed by atoms with Crippen molar-refractivity contribution in [3.63, 3.8) is 0 Å². The van der Waals surface area contributed by atoms with Crippen LogP contribution in [0.3, 0.4) is 0 Å². The van der Waals surface area contributed by atoms with Gasteiger partial charge in [-0.25, -0.2) is 8.42 Å². The Bertz CT molecular complexity index is 906. The summed E-state index contributed by atoms with van der Waals surface area (Å²) in [6.07, 6.45) is 1.19. The lowest BCUT2D eigenvalue weighted by molar-refractivity contribution is 0.0667. The van der Waals surface area contributed by atoms with Crippen LogP contribution in [0.5, 0.6) is 0 Å². The van der Waals surface area contributed by atoms with Crippen molar-refractivity contribution in [2.24, 2.45) is 0 Å². The van der Waals surface area contributed by atoms with Crippen LogP contribution in [0, 0.1) is 20.8 Å². The van der Waals surface area contributed by atoms with E-state index in [2.05, 4.69) is 0 Å². The molecule has 2 aromatic rings. The van der Waals surface area contributed by atoms with Gasteiger partial charge >= 0.3 is 0 Å². The average Bonchev–Trinajstić information content (AvgIpc) is 2.88. The first-order valence-corrected chi connectivity index (χ1v) is 9.78. The Balaban J connectivity index is 1.89. The number of carbonyl (C=O) groups is 1. The summed E-state index contributed by atoms with van der Waals surface area (Å²) in [7, 11) is -3.21. The Morgan fingerprint density at radius 3 is 2.17 bits per heavy atom. The van der Waals surface area contributed by atoms with Gasteiger partial charge in [0.2, 0.25) is 10.0 Å². The fraction of sp³-hybridized carbons (Fsp3) is 0.471. The summed E-state index contributed by atoms with van der Waals surface area (Å²) in [4.78, 5) is 14.5. The zero-order chi connectivity index (χ0) is 17.6. The molecule has 6 nitrogen and oxygen atoms in total. The average molecular weight is 350 g/mol. The second-order valence-electron chi connectivity index (χ2n) is 6.41. The zero-order valence-electron chi connectivity index (χ0n) is 14.4. The van der Waals surface area contributed by atoms with Gasteiger partial charge < -0.3 is 9.32 Å². The Morgan fingerprint density at radius 1 is 1.04 bits per heavy atom. The molecule has 1 aromatic heterocycles. The fourth-order valence-electron chi connectivity index (χ4n) is 3.25. The van der Waals surface area contributed by atoms with Gasteiger partial charge in [-0.3, -0.25) is 4.79 Å². The zero-order valence-corrected chi connectivity index (χ0v) is 15.2. The number of aryl methyl sites for hydroxylation is 3. The highest BCUT2D eigenvalue weighted by molar-refractivity contribution is 7.88. The van der Waals surface area contributed by atoms with Crippen LogP contribution >= 0.6 is 0 Å². The molecule has 0 radical (unpaired) electrons. The highest BCUT2D eigenvalue weighted by Crippen LogP contribution is 2.31. The number of sulfonamides is 1. The molecule has 0 atom stereocenters. The van der Waals surface area contributed by atoms with Crippen molar-refractivity contribution in [1.29, 1.82) is 0 Å². The first-order valence-electron chi connectivity index (χ1n) is 7.94. The van der Waals surface area contributed by atoms with Crippen molar-refractivity contribution < 1.29 is 17.6 Å². The summed E-state index contributed by atoms with van der Waals surface area (Å²) in [6.45, 7) is 7.26. The van der Waals surface area contributed by atoms with E-state index in [0.29, 0.717) is 31.9 Å². The Labute approximate surface area is 142 Å². The monoisotopic (exact) mass is 350 g/mol. The predicted octanol–water partition coefficient (Wildman–Crippen LogP) is 2.08. The molecule has 0 saturated carbocycles. The molecular formula is C17H22N2O4S. The lowest BCUT2D eigenvalue weighted by atomic mass is 10.0. The molecule has 24 heavy (non-hydrogen) atoms. The minimum atomic E-state index is -3.21. The Morgan fingerprint density at radius 2 is 1.62 bits per heavy atom. The van der Waals surface area contributed by atoms with Gasteiger partial charge in [0.15, 0.2) is 5.76 Å². The van der Waals surface area contributed by atoms with E-state index >= 15 is 0 Å². The van der Waals surface area contributed by atoms with Gasteiger partial charge in [-0.1, -0.05) is 12.1 Å². The molecule has 1 aromatic carbocycles. The first kappa shape index (κ1) is 17.0. The first-order chi connectivity index (χ1) is 11.2. The largest absolute Gasteiger partial charge is 0.450 e. The number of hydrogen-bond donors (Lipinski definition) is 0. The van der Waals surface area contributed by atoms with Crippen LogP contribution in [-0.2, 0) is 10.0 Å². The highest BCUT2D eigenvalue weighted by atomic mass is 32.2. The van der Waals surface area contributed by atoms with Gasteiger partial charge in [0.1, 0.15) is 5.58 Å². The summed E-state index contributed by atoms with van der Waals surface area (Å²) in [5.74, 6) is 0.186. The molecule has 1 saturated heterocycles. The molecule has 0 bridgehead atoms. The maximum atomic E-state index is 12.8. The molecule has 1 aliphatic rings. The summed E-state index contributed by atoms with van der Waals surface area (Å²) in [6, 6.07) is 4.01. The number of nitrogens with zero attached hydrogens (tertiary/aromatic N) is 2. The van der Waals surface area contributed by atoms with E-state index in [4.69, 9.17) is 4.42 Å². The normalized spacial score (nSPS) is 16.8. The second kappa shape index (κ2) is 5.89. The summed E-state index contributed by atoms with van der Waals surface area (Å²) < 4.78 is 30.5. The van der Waals surface area contributed by atoms with E-state index in [9.17, 15) is 13.2 Å². The third-order valence-corrected chi connectivity index (χ3v) is 5.97. The molecule has 0 unspecified atom stereocenters. The van der Waals surface area contributed by atoms with E-state index in [0.717, 1.165) is 27.7 Å². The second-order valence-corrected chi connectivity index (χ2v) is 8.40. The minimum Gasteiger partial charge on any atom is -0.450 e. The smallest absolute Gasteiger partial charge is 0.289 e. The topological polar surface area (TPSA) is 70.8 Å². The van der Waals surface area contributed by atoms with Gasteiger partial charge in [0.05, 0.1) is 6.26 Å². The van der Waals surface area contributed by atoms with E-state index in [-0.39, 0.29) is 5.91 Å². The maximum Gasteiger partial charge on any atom is 0.289 e. The molecule has 2 heterocycles. The number of amides is 1. The van der Waals surface area contributed by atoms with Crippen LogP contribution in [0.15, 0.2) is 16.5 Å². The van der Waals surface area contributed by atoms with Crippen molar-refractivity contribution in [2.75, 3.05) is 32.4 Å². The standard InChI is InChI=1S/C17H22N2O4S/c1-11-5-6-12(2)15-14(11)13(3)16(23-15)17(20)18-7-9-19(10-8-18)24(4,21)22/h5-6H,7-10H2,1-4H3. The van der Waals surface area contributed by atoms with Crippen molar-refractivity contribution in [1.82, 2.24) is 9.21 Å². The number of piperazine rings is 1. The van der Waals surface area contributed by atoms with E-state index in [1.54, 1.807) is 4.90 Å². The lowest BCUT2D eigenvalue weighted by Crippen LogP contribution is -2.50. The van der Waals surface area contributed by atoms with Crippen LogP contribution in [0.2, 0.25) is 0 Å². The van der Waals surface area contributed by atoms with Gasteiger partial charge in [-0.2, -0.15) is 4.31 Å². The maximum absolute atomic E-state index is 12.8. The lowest BCUT2D eigenvalue weighted by Gasteiger charge is -2.32. The van der Waals surface area contributed by atoms with Crippen LogP contribution < -0.4 is 0 Å². The number of fused-ring (bicyclic) bond motifs is 1. The van der Waals surface area contributed by atoms with Crippen molar-refractivity contribution in [3.05, 3.63) is 34.6 Å². The molecule has 0 aliphatic carbocycles. The molecule has 1 amide bonds. The molecule has 1 fully saturated rings. The Hall–Kier alpha value is -1.86. The summed E-state index contributed by atoms with van der Waals surface area (Å²) in [5.41, 5.74) is 3.69. The van der Waals surface area contributed by atoms with E-state index in [1.807, 2.05) is 32.9 Å². The van der Waals surface area contributed by atoms with Gasteiger partial charge in [-0.15, -0.1) is 0 Å². The SMILES string of the molecule is Cc1ccc(C)c2c(C)c(C(=O)N3CCN(S(C)(=O)=O)CC3)oc12. The van der Waals surface area contributed by atoms with Crippen molar-refractivity contribution in [3.8, 4) is 0 Å². The molecule has 3 rings (SSSR count). The number of benzene rings is 1. The van der Waals surface area contributed by atoms with Crippen LogP contribution in [-0.4, -0.2) is 56.0 Å². The van der Waals surface area contributed by atoms with Gasteiger partial charge in [0.25, 0.3) is 5.91 Å². The predicted molar refractivity (Wildman–Crippen MR) is 92.7 cm³/mol. The molecule has 0 N–H and O–H groups in total. The van der Waals surface area contributed by atoms with Gasteiger partial charge in [0, 0.05) is 37.1 Å².